The van der Waals surface area contributed by atoms with E-state index in [0.29, 0.717) is 37.0 Å². The summed E-state index contributed by atoms with van der Waals surface area (Å²) < 4.78 is 11.2. The first kappa shape index (κ1) is 20.6. The third-order valence-corrected chi connectivity index (χ3v) is 3.27. The Bertz CT molecular complexity index is 561. The molecule has 1 amide bonds. The number of methoxy groups -OCH3 is 1. The van der Waals surface area contributed by atoms with E-state index in [1.54, 1.807) is 14.2 Å². The fourth-order valence-corrected chi connectivity index (χ4v) is 2.12. The number of ether oxygens (including phenoxy) is 2. The van der Waals surface area contributed by atoms with Gasteiger partial charge in [-0.2, -0.15) is 0 Å². The molecule has 25 heavy (non-hydrogen) atoms. The molecule has 7 heteroatoms. The van der Waals surface area contributed by atoms with E-state index in [1.165, 1.54) is 0 Å². The van der Waals surface area contributed by atoms with Gasteiger partial charge in [-0.05, 0) is 32.9 Å². The number of carbonyl (C=O) groups excluding carboxylic acids is 1. The molecule has 0 aliphatic rings. The van der Waals surface area contributed by atoms with E-state index in [2.05, 4.69) is 20.9 Å². The first-order chi connectivity index (χ1) is 12.0. The number of rotatable bonds is 9. The number of guanidine groups is 1. The van der Waals surface area contributed by atoms with Crippen LogP contribution in [0.25, 0.3) is 0 Å². The fourth-order valence-electron chi connectivity index (χ4n) is 2.12. The van der Waals surface area contributed by atoms with Gasteiger partial charge in [-0.1, -0.05) is 12.1 Å². The van der Waals surface area contributed by atoms with Gasteiger partial charge < -0.3 is 25.4 Å². The van der Waals surface area contributed by atoms with E-state index >= 15 is 0 Å². The van der Waals surface area contributed by atoms with Gasteiger partial charge in [-0.25, -0.2) is 0 Å². The molecule has 0 aromatic heterocycles. The number of aliphatic imine (C=N–C) groups is 1. The van der Waals surface area contributed by atoms with Crippen molar-refractivity contribution in [1.82, 2.24) is 16.0 Å². The zero-order chi connectivity index (χ0) is 18.7. The third kappa shape index (κ3) is 8.28. The zero-order valence-corrected chi connectivity index (χ0v) is 15.8. The van der Waals surface area contributed by atoms with Crippen LogP contribution in [-0.4, -0.2) is 51.3 Å². The Labute approximate surface area is 150 Å². The van der Waals surface area contributed by atoms with Crippen LogP contribution in [0.15, 0.2) is 29.3 Å². The molecule has 0 aliphatic heterocycles. The summed E-state index contributed by atoms with van der Waals surface area (Å²) in [5.74, 6) is 2.05. The summed E-state index contributed by atoms with van der Waals surface area (Å²) in [6.07, 6.45) is 0.311. The smallest absolute Gasteiger partial charge is 0.221 e. The van der Waals surface area contributed by atoms with Gasteiger partial charge in [0.05, 0.1) is 13.7 Å². The molecule has 140 valence electrons. The molecular formula is C18H30N4O3. The summed E-state index contributed by atoms with van der Waals surface area (Å²) in [5.41, 5.74) is 0. The Morgan fingerprint density at radius 2 is 1.84 bits per heavy atom. The van der Waals surface area contributed by atoms with E-state index in [0.717, 1.165) is 0 Å². The van der Waals surface area contributed by atoms with Crippen LogP contribution in [0.3, 0.4) is 0 Å². The lowest BCUT2D eigenvalue weighted by Gasteiger charge is -2.19. The van der Waals surface area contributed by atoms with Crippen molar-refractivity contribution in [2.24, 2.45) is 4.99 Å². The number of para-hydroxylation sites is 2. The van der Waals surface area contributed by atoms with Crippen LogP contribution in [0.1, 0.15) is 27.2 Å². The summed E-state index contributed by atoms with van der Waals surface area (Å²) in [6.45, 7) is 6.92. The molecule has 1 aromatic carbocycles. The fraction of sp³-hybridized carbons (Fsp3) is 0.556. The van der Waals surface area contributed by atoms with Crippen molar-refractivity contribution in [2.45, 2.75) is 39.3 Å². The molecule has 1 atom stereocenters. The van der Waals surface area contributed by atoms with Crippen molar-refractivity contribution in [3.8, 4) is 11.5 Å². The van der Waals surface area contributed by atoms with Crippen molar-refractivity contribution in [3.05, 3.63) is 24.3 Å². The molecule has 1 rings (SSSR count). The van der Waals surface area contributed by atoms with E-state index in [9.17, 15) is 4.79 Å². The molecule has 0 spiro atoms. The van der Waals surface area contributed by atoms with Crippen LogP contribution in [0, 0.1) is 0 Å². The normalized spacial score (nSPS) is 12.5. The Morgan fingerprint density at radius 3 is 2.44 bits per heavy atom. The molecule has 1 unspecified atom stereocenters. The summed E-state index contributed by atoms with van der Waals surface area (Å²) in [4.78, 5) is 15.8. The molecule has 0 aliphatic carbocycles. The summed E-state index contributed by atoms with van der Waals surface area (Å²) in [7, 11) is 3.31. The van der Waals surface area contributed by atoms with Gasteiger partial charge in [0, 0.05) is 26.1 Å². The van der Waals surface area contributed by atoms with Crippen molar-refractivity contribution in [2.75, 3.05) is 27.2 Å². The zero-order valence-electron chi connectivity index (χ0n) is 15.8. The molecule has 0 heterocycles. The second-order valence-corrected chi connectivity index (χ2v) is 5.93. The topological polar surface area (TPSA) is 84.0 Å². The van der Waals surface area contributed by atoms with Gasteiger partial charge in [0.1, 0.15) is 6.10 Å². The molecule has 0 radical (unpaired) electrons. The van der Waals surface area contributed by atoms with Crippen molar-refractivity contribution < 1.29 is 14.3 Å². The maximum Gasteiger partial charge on any atom is 0.221 e. The standard InChI is InChI=1S/C18H30N4O3/c1-13(2)22-17(23)10-11-20-18(19-4)21-12-14(3)25-16-9-7-6-8-15(16)24-5/h6-9,13-14H,10-12H2,1-5H3,(H,22,23)(H2,19,20,21). The molecule has 1 aromatic rings. The molecule has 3 N–H and O–H groups in total. The number of nitrogens with one attached hydrogen (secondary N) is 3. The highest BCUT2D eigenvalue weighted by Crippen LogP contribution is 2.26. The number of benzene rings is 1. The van der Waals surface area contributed by atoms with Gasteiger partial charge in [0.25, 0.3) is 0 Å². The quantitative estimate of drug-likeness (QED) is 0.465. The van der Waals surface area contributed by atoms with E-state index < -0.39 is 0 Å². The predicted octanol–water partition coefficient (Wildman–Crippen LogP) is 1.54. The number of nitrogens with zero attached hydrogens (tertiary/aromatic N) is 1. The van der Waals surface area contributed by atoms with Gasteiger partial charge >= 0.3 is 0 Å². The highest BCUT2D eigenvalue weighted by Gasteiger charge is 2.09. The first-order valence-electron chi connectivity index (χ1n) is 8.49. The van der Waals surface area contributed by atoms with Crippen LogP contribution < -0.4 is 25.4 Å². The number of amides is 1. The lowest BCUT2D eigenvalue weighted by molar-refractivity contribution is -0.121. The van der Waals surface area contributed by atoms with Crippen molar-refractivity contribution in [3.63, 3.8) is 0 Å². The second kappa shape index (κ2) is 11.2. The maximum absolute atomic E-state index is 11.6. The lowest BCUT2D eigenvalue weighted by Crippen LogP contribution is -2.43. The van der Waals surface area contributed by atoms with E-state index in [4.69, 9.17) is 9.47 Å². The van der Waals surface area contributed by atoms with Gasteiger partial charge in [0.15, 0.2) is 17.5 Å². The monoisotopic (exact) mass is 350 g/mol. The summed E-state index contributed by atoms with van der Waals surface area (Å²) in [6, 6.07) is 7.68. The Morgan fingerprint density at radius 1 is 1.16 bits per heavy atom. The molecule has 0 saturated carbocycles. The predicted molar refractivity (Wildman–Crippen MR) is 100 cm³/mol. The Balaban J connectivity index is 2.35. The van der Waals surface area contributed by atoms with Gasteiger partial charge in [0.2, 0.25) is 5.91 Å². The van der Waals surface area contributed by atoms with Crippen LogP contribution in [-0.2, 0) is 4.79 Å². The molecule has 0 fully saturated rings. The summed E-state index contributed by atoms with van der Waals surface area (Å²) in [5, 5.41) is 9.15. The minimum atomic E-state index is -0.0842. The first-order valence-corrected chi connectivity index (χ1v) is 8.49. The molecular weight excluding hydrogens is 320 g/mol. The average Bonchev–Trinajstić information content (AvgIpc) is 2.57. The number of hydrogen-bond donors (Lipinski definition) is 3. The van der Waals surface area contributed by atoms with Gasteiger partial charge in [-0.15, -0.1) is 0 Å². The lowest BCUT2D eigenvalue weighted by atomic mass is 10.3. The number of carbonyl (C=O) groups is 1. The number of hydrogen-bond acceptors (Lipinski definition) is 4. The Hall–Kier alpha value is -2.44. The average molecular weight is 350 g/mol. The third-order valence-electron chi connectivity index (χ3n) is 3.27. The van der Waals surface area contributed by atoms with Crippen molar-refractivity contribution >= 4 is 11.9 Å². The molecule has 0 saturated heterocycles. The largest absolute Gasteiger partial charge is 0.493 e. The highest BCUT2D eigenvalue weighted by atomic mass is 16.5. The molecule has 7 nitrogen and oxygen atoms in total. The van der Waals surface area contributed by atoms with Crippen LogP contribution in [0.5, 0.6) is 11.5 Å². The summed E-state index contributed by atoms with van der Waals surface area (Å²) >= 11 is 0. The molecule has 0 bridgehead atoms. The second-order valence-electron chi connectivity index (χ2n) is 5.93. The minimum Gasteiger partial charge on any atom is -0.493 e. The Kier molecular flexibility index (Phi) is 9.21. The van der Waals surface area contributed by atoms with E-state index in [1.807, 2.05) is 45.0 Å². The minimum absolute atomic E-state index is 0.0193. The van der Waals surface area contributed by atoms with Crippen molar-refractivity contribution in [1.29, 1.82) is 0 Å². The van der Waals surface area contributed by atoms with Crippen LogP contribution in [0.4, 0.5) is 0 Å². The van der Waals surface area contributed by atoms with Gasteiger partial charge in [-0.3, -0.25) is 9.79 Å². The SMILES string of the molecule is CN=C(NCCC(=O)NC(C)C)NCC(C)Oc1ccccc1OC. The van der Waals surface area contributed by atoms with E-state index in [-0.39, 0.29) is 18.1 Å². The van der Waals surface area contributed by atoms with Crippen LogP contribution in [0.2, 0.25) is 0 Å². The van der Waals surface area contributed by atoms with Crippen LogP contribution >= 0.6 is 0 Å². The highest BCUT2D eigenvalue weighted by molar-refractivity contribution is 5.81. The maximum atomic E-state index is 11.6.